The molecule has 0 aromatic heterocycles. The van der Waals surface area contributed by atoms with Gasteiger partial charge in [0.25, 0.3) is 16.8 Å². The van der Waals surface area contributed by atoms with E-state index >= 15 is 0 Å². The number of ether oxygens (including phenoxy) is 4. The molecule has 0 saturated carbocycles. The van der Waals surface area contributed by atoms with E-state index in [1.54, 1.807) is 48.5 Å². The van der Waals surface area contributed by atoms with Crippen LogP contribution >= 0.6 is 11.8 Å². The number of benzene rings is 3. The Hall–Kier alpha value is -4.51. The molecular formula is C28H26N2O8S. The predicted molar refractivity (Wildman–Crippen MR) is 146 cm³/mol. The summed E-state index contributed by atoms with van der Waals surface area (Å²) < 4.78 is 22.6. The standard InChI is InChI=1S/C28H26N2O8S/c1-3-36-25-16-20(10-13-24(25)38-18-19-8-11-21(12-9-19)30(33)34)17-26-27(31)29(28(32)39-26)14-15-37-23-7-5-4-6-22(23)35-2/h4-13,16-17H,3,14-15,18H2,1-2H3/b26-17-. The van der Waals surface area contributed by atoms with E-state index < -0.39 is 10.8 Å². The Kier molecular flexibility index (Phi) is 9.06. The minimum atomic E-state index is -0.457. The molecule has 10 nitrogen and oxygen atoms in total. The highest BCUT2D eigenvalue weighted by Gasteiger charge is 2.35. The van der Waals surface area contributed by atoms with Gasteiger partial charge in [-0.1, -0.05) is 18.2 Å². The van der Waals surface area contributed by atoms with Gasteiger partial charge in [0.2, 0.25) is 0 Å². The van der Waals surface area contributed by atoms with Crippen molar-refractivity contribution in [3.63, 3.8) is 0 Å². The molecule has 0 radical (unpaired) electrons. The topological polar surface area (TPSA) is 117 Å². The highest BCUT2D eigenvalue weighted by atomic mass is 32.2. The number of thioether (sulfide) groups is 1. The fourth-order valence-electron chi connectivity index (χ4n) is 3.71. The van der Waals surface area contributed by atoms with Gasteiger partial charge in [-0.15, -0.1) is 0 Å². The first-order valence-electron chi connectivity index (χ1n) is 12.0. The van der Waals surface area contributed by atoms with E-state index in [0.29, 0.717) is 40.1 Å². The summed E-state index contributed by atoms with van der Waals surface area (Å²) >= 11 is 0.863. The molecule has 0 atom stereocenters. The van der Waals surface area contributed by atoms with Crippen molar-refractivity contribution in [2.45, 2.75) is 13.5 Å². The number of hydrogen-bond donors (Lipinski definition) is 0. The van der Waals surface area contributed by atoms with Crippen molar-refractivity contribution in [1.29, 1.82) is 0 Å². The first kappa shape index (κ1) is 27.5. The number of imide groups is 1. The van der Waals surface area contributed by atoms with E-state index in [1.807, 2.05) is 19.1 Å². The van der Waals surface area contributed by atoms with Gasteiger partial charge in [0.1, 0.15) is 13.2 Å². The van der Waals surface area contributed by atoms with E-state index in [-0.39, 0.29) is 30.7 Å². The Morgan fingerprint density at radius 3 is 2.33 bits per heavy atom. The normalized spacial score (nSPS) is 14.0. The van der Waals surface area contributed by atoms with Crippen LogP contribution in [0.3, 0.4) is 0 Å². The summed E-state index contributed by atoms with van der Waals surface area (Å²) in [5.74, 6) is 1.65. The summed E-state index contributed by atoms with van der Waals surface area (Å²) in [6.07, 6.45) is 1.63. The number of nitrogens with zero attached hydrogens (tertiary/aromatic N) is 2. The van der Waals surface area contributed by atoms with Crippen molar-refractivity contribution in [1.82, 2.24) is 4.90 Å². The molecule has 1 saturated heterocycles. The van der Waals surface area contributed by atoms with Crippen LogP contribution in [0.1, 0.15) is 18.1 Å². The number of carbonyl (C=O) groups excluding carboxylic acids is 2. The molecule has 1 aliphatic rings. The van der Waals surface area contributed by atoms with Crippen molar-refractivity contribution < 1.29 is 33.5 Å². The minimum absolute atomic E-state index is 0.00599. The van der Waals surface area contributed by atoms with Crippen LogP contribution < -0.4 is 18.9 Å². The first-order chi connectivity index (χ1) is 18.9. The molecule has 0 N–H and O–H groups in total. The van der Waals surface area contributed by atoms with Gasteiger partial charge in [-0.3, -0.25) is 24.6 Å². The number of nitro groups is 1. The van der Waals surface area contributed by atoms with Crippen LogP contribution in [-0.2, 0) is 11.4 Å². The molecule has 1 fully saturated rings. The van der Waals surface area contributed by atoms with Gasteiger partial charge in [0.15, 0.2) is 23.0 Å². The zero-order chi connectivity index (χ0) is 27.8. The van der Waals surface area contributed by atoms with E-state index in [0.717, 1.165) is 22.2 Å². The van der Waals surface area contributed by atoms with Crippen LogP contribution in [-0.4, -0.2) is 47.8 Å². The number of hydrogen-bond acceptors (Lipinski definition) is 9. The van der Waals surface area contributed by atoms with Crippen LogP contribution in [0.4, 0.5) is 10.5 Å². The molecule has 11 heteroatoms. The lowest BCUT2D eigenvalue weighted by molar-refractivity contribution is -0.384. The fraction of sp³-hybridized carbons (Fsp3) is 0.214. The zero-order valence-electron chi connectivity index (χ0n) is 21.3. The maximum Gasteiger partial charge on any atom is 0.293 e. The second-order valence-corrected chi connectivity index (χ2v) is 9.18. The van der Waals surface area contributed by atoms with Crippen molar-refractivity contribution in [3.05, 3.63) is 92.9 Å². The average molecular weight is 551 g/mol. The second-order valence-electron chi connectivity index (χ2n) is 8.18. The third kappa shape index (κ3) is 6.88. The smallest absolute Gasteiger partial charge is 0.293 e. The van der Waals surface area contributed by atoms with E-state index in [4.69, 9.17) is 18.9 Å². The lowest BCUT2D eigenvalue weighted by Gasteiger charge is -2.14. The Morgan fingerprint density at radius 2 is 1.64 bits per heavy atom. The molecule has 0 spiro atoms. The molecule has 202 valence electrons. The van der Waals surface area contributed by atoms with Gasteiger partial charge in [-0.2, -0.15) is 0 Å². The SMILES string of the molecule is CCOc1cc(/C=C2\SC(=O)N(CCOc3ccccc3OC)C2=O)ccc1OCc1ccc([N+](=O)[O-])cc1. The summed E-state index contributed by atoms with van der Waals surface area (Å²) in [7, 11) is 1.54. The highest BCUT2D eigenvalue weighted by molar-refractivity contribution is 8.18. The molecule has 1 heterocycles. The zero-order valence-corrected chi connectivity index (χ0v) is 22.1. The Balaban J connectivity index is 1.41. The van der Waals surface area contributed by atoms with Crippen LogP contribution in [0.15, 0.2) is 71.6 Å². The quantitative estimate of drug-likeness (QED) is 0.159. The van der Waals surface area contributed by atoms with Gasteiger partial charge in [0.05, 0.1) is 30.1 Å². The number of carbonyl (C=O) groups is 2. The second kappa shape index (κ2) is 12.8. The summed E-state index contributed by atoms with van der Waals surface area (Å²) in [4.78, 5) is 37.3. The average Bonchev–Trinajstić information content (AvgIpc) is 3.20. The number of non-ortho nitro benzene ring substituents is 1. The monoisotopic (exact) mass is 550 g/mol. The molecule has 0 aliphatic carbocycles. The Labute approximate surface area is 229 Å². The maximum absolute atomic E-state index is 12.9. The first-order valence-corrected chi connectivity index (χ1v) is 12.9. The lowest BCUT2D eigenvalue weighted by Crippen LogP contribution is -2.32. The number of nitro benzene ring substituents is 1. The molecule has 39 heavy (non-hydrogen) atoms. The van der Waals surface area contributed by atoms with Gasteiger partial charge in [0, 0.05) is 12.1 Å². The van der Waals surface area contributed by atoms with Crippen molar-refractivity contribution >= 4 is 34.7 Å². The molecule has 3 aromatic carbocycles. The van der Waals surface area contributed by atoms with E-state index in [1.165, 1.54) is 19.2 Å². The molecule has 0 bridgehead atoms. The Morgan fingerprint density at radius 1 is 0.923 bits per heavy atom. The van der Waals surface area contributed by atoms with Crippen molar-refractivity contribution in [2.24, 2.45) is 0 Å². The van der Waals surface area contributed by atoms with Crippen LogP contribution in [0.25, 0.3) is 6.08 Å². The third-order valence-electron chi connectivity index (χ3n) is 5.62. The highest BCUT2D eigenvalue weighted by Crippen LogP contribution is 2.35. The molecule has 1 aliphatic heterocycles. The molecule has 3 aromatic rings. The fourth-order valence-corrected chi connectivity index (χ4v) is 4.57. The minimum Gasteiger partial charge on any atom is -0.493 e. The summed E-state index contributed by atoms with van der Waals surface area (Å²) in [6, 6.07) is 18.4. The van der Waals surface area contributed by atoms with Gasteiger partial charge in [-0.25, -0.2) is 0 Å². The van der Waals surface area contributed by atoms with Crippen LogP contribution in [0, 0.1) is 10.1 Å². The largest absolute Gasteiger partial charge is 0.493 e. The van der Waals surface area contributed by atoms with Gasteiger partial charge >= 0.3 is 0 Å². The number of amides is 2. The molecule has 2 amide bonds. The van der Waals surface area contributed by atoms with E-state index in [9.17, 15) is 19.7 Å². The predicted octanol–water partition coefficient (Wildman–Crippen LogP) is 5.70. The summed E-state index contributed by atoms with van der Waals surface area (Å²) in [5, 5.41) is 10.5. The molecule has 0 unspecified atom stereocenters. The van der Waals surface area contributed by atoms with Gasteiger partial charge in [-0.05, 0) is 72.3 Å². The van der Waals surface area contributed by atoms with Crippen LogP contribution in [0.5, 0.6) is 23.0 Å². The number of para-hydroxylation sites is 2. The maximum atomic E-state index is 12.9. The van der Waals surface area contributed by atoms with E-state index in [2.05, 4.69) is 0 Å². The van der Waals surface area contributed by atoms with Crippen molar-refractivity contribution in [2.75, 3.05) is 26.9 Å². The van der Waals surface area contributed by atoms with Crippen molar-refractivity contribution in [3.8, 4) is 23.0 Å². The summed E-state index contributed by atoms with van der Waals surface area (Å²) in [6.45, 7) is 2.64. The number of rotatable bonds is 12. The molecule has 4 rings (SSSR count). The third-order valence-corrected chi connectivity index (χ3v) is 6.53. The molecular weight excluding hydrogens is 524 g/mol. The summed E-state index contributed by atoms with van der Waals surface area (Å²) in [5.41, 5.74) is 1.43. The van der Waals surface area contributed by atoms with Gasteiger partial charge < -0.3 is 18.9 Å². The van der Waals surface area contributed by atoms with Crippen LogP contribution in [0.2, 0.25) is 0 Å². The lowest BCUT2D eigenvalue weighted by atomic mass is 10.1. The Bertz CT molecular complexity index is 1390. The number of methoxy groups -OCH3 is 1.